The van der Waals surface area contributed by atoms with E-state index >= 15 is 0 Å². The third-order valence-electron chi connectivity index (χ3n) is 1.61. The van der Waals surface area contributed by atoms with E-state index in [4.69, 9.17) is 0 Å². The zero-order chi connectivity index (χ0) is 13.2. The zero-order valence-corrected chi connectivity index (χ0v) is 10.4. The van der Waals surface area contributed by atoms with Crippen LogP contribution in [0.2, 0.25) is 0 Å². The predicted molar refractivity (Wildman–Crippen MR) is 57.8 cm³/mol. The van der Waals surface area contributed by atoms with Crippen LogP contribution >= 0.6 is 22.6 Å². The highest BCUT2D eigenvalue weighted by atomic mass is 127. The van der Waals surface area contributed by atoms with Gasteiger partial charge in [-0.15, -0.1) is 13.2 Å². The second-order valence-corrected chi connectivity index (χ2v) is 3.87. The number of carbonyl (C=O) groups is 1. The van der Waals surface area contributed by atoms with Crippen LogP contribution in [0, 0.1) is 3.57 Å². The maximum absolute atomic E-state index is 12.1. The Labute approximate surface area is 106 Å². The maximum Gasteiger partial charge on any atom is 0.573 e. The lowest BCUT2D eigenvalue weighted by molar-refractivity contribution is -0.275. The number of hydrogen-bond donors (Lipinski definition) is 1. The molecular weight excluding hydrogens is 358 g/mol. The van der Waals surface area contributed by atoms with Crippen molar-refractivity contribution in [3.05, 3.63) is 25.7 Å². The largest absolute Gasteiger partial charge is 0.573 e. The van der Waals surface area contributed by atoms with Crippen LogP contribution in [0.15, 0.2) is 11.0 Å². The standard InChI is InChI=1S/C8H5F3INO4/c1-16-7(15)4-3(12)2-13-6(14)5(4)17-8(9,10)11/h2H,1H3,(H,13,14). The second kappa shape index (κ2) is 4.94. The fourth-order valence-electron chi connectivity index (χ4n) is 0.994. The summed E-state index contributed by atoms with van der Waals surface area (Å²) in [6, 6.07) is 0. The molecule has 0 aliphatic carbocycles. The number of ether oxygens (including phenoxy) is 2. The number of methoxy groups -OCH3 is 1. The van der Waals surface area contributed by atoms with Crippen LogP contribution in [0.25, 0.3) is 0 Å². The molecule has 1 rings (SSSR count). The minimum atomic E-state index is -5.07. The highest BCUT2D eigenvalue weighted by Crippen LogP contribution is 2.26. The van der Waals surface area contributed by atoms with Crippen LogP contribution in [0.5, 0.6) is 5.75 Å². The first-order chi connectivity index (χ1) is 7.76. The highest BCUT2D eigenvalue weighted by molar-refractivity contribution is 14.1. The van der Waals surface area contributed by atoms with Gasteiger partial charge in [-0.05, 0) is 22.6 Å². The number of aromatic amines is 1. The third kappa shape index (κ3) is 3.35. The van der Waals surface area contributed by atoms with Crippen LogP contribution in [0.3, 0.4) is 0 Å². The fourth-order valence-corrected chi connectivity index (χ4v) is 1.61. The molecule has 0 aliphatic rings. The molecule has 0 aliphatic heterocycles. The molecule has 0 bridgehead atoms. The molecule has 0 saturated carbocycles. The summed E-state index contributed by atoms with van der Waals surface area (Å²) in [5, 5.41) is 0. The van der Waals surface area contributed by atoms with Gasteiger partial charge in [-0.25, -0.2) is 4.79 Å². The number of pyridine rings is 1. The summed E-state index contributed by atoms with van der Waals surface area (Å²) in [4.78, 5) is 24.5. The number of esters is 1. The van der Waals surface area contributed by atoms with Crippen molar-refractivity contribution in [2.24, 2.45) is 0 Å². The summed E-state index contributed by atoms with van der Waals surface area (Å²) in [7, 11) is 0.983. The minimum Gasteiger partial charge on any atom is -0.465 e. The normalized spacial score (nSPS) is 11.1. The van der Waals surface area contributed by atoms with Gasteiger partial charge in [-0.3, -0.25) is 4.79 Å². The molecule has 0 aromatic carbocycles. The van der Waals surface area contributed by atoms with E-state index in [1.54, 1.807) is 22.6 Å². The van der Waals surface area contributed by atoms with Crippen molar-refractivity contribution in [3.63, 3.8) is 0 Å². The van der Waals surface area contributed by atoms with E-state index in [0.717, 1.165) is 13.3 Å². The number of carbonyl (C=O) groups excluding carboxylic acids is 1. The first-order valence-electron chi connectivity index (χ1n) is 4.01. The molecule has 0 saturated heterocycles. The first-order valence-corrected chi connectivity index (χ1v) is 5.09. The molecule has 94 valence electrons. The van der Waals surface area contributed by atoms with Crippen molar-refractivity contribution in [2.45, 2.75) is 6.36 Å². The Balaban J connectivity index is 3.40. The van der Waals surface area contributed by atoms with Crippen LogP contribution in [-0.2, 0) is 4.74 Å². The van der Waals surface area contributed by atoms with Gasteiger partial charge in [0.05, 0.1) is 7.11 Å². The number of hydrogen-bond acceptors (Lipinski definition) is 4. The van der Waals surface area contributed by atoms with Gasteiger partial charge < -0.3 is 14.5 Å². The Morgan fingerprint density at radius 1 is 1.47 bits per heavy atom. The van der Waals surface area contributed by atoms with E-state index in [0.29, 0.717) is 0 Å². The average molecular weight is 363 g/mol. The Morgan fingerprint density at radius 2 is 2.06 bits per heavy atom. The third-order valence-corrected chi connectivity index (χ3v) is 2.46. The Morgan fingerprint density at radius 3 is 2.53 bits per heavy atom. The lowest BCUT2D eigenvalue weighted by Gasteiger charge is -2.11. The van der Waals surface area contributed by atoms with Gasteiger partial charge in [0, 0.05) is 9.77 Å². The Bertz CT molecular complexity index is 497. The molecule has 0 fully saturated rings. The Kier molecular flexibility index (Phi) is 4.01. The minimum absolute atomic E-state index is 0.0771. The summed E-state index contributed by atoms with van der Waals surface area (Å²) in [6.07, 6.45) is -3.99. The zero-order valence-electron chi connectivity index (χ0n) is 8.22. The van der Waals surface area contributed by atoms with E-state index in [2.05, 4.69) is 9.47 Å². The van der Waals surface area contributed by atoms with Crippen molar-refractivity contribution in [1.82, 2.24) is 4.98 Å². The van der Waals surface area contributed by atoms with Gasteiger partial charge in [-0.1, -0.05) is 0 Å². The number of H-pyrrole nitrogens is 1. The number of halogens is 4. The molecule has 1 heterocycles. The van der Waals surface area contributed by atoms with Gasteiger partial charge in [0.25, 0.3) is 5.56 Å². The smallest absolute Gasteiger partial charge is 0.465 e. The van der Waals surface area contributed by atoms with E-state index in [-0.39, 0.29) is 3.57 Å². The molecular formula is C8H5F3INO4. The fraction of sp³-hybridized carbons (Fsp3) is 0.250. The number of nitrogens with one attached hydrogen (secondary N) is 1. The molecule has 0 atom stereocenters. The first kappa shape index (κ1) is 13.8. The predicted octanol–water partition coefficient (Wildman–Crippen LogP) is 1.66. The highest BCUT2D eigenvalue weighted by Gasteiger charge is 2.35. The van der Waals surface area contributed by atoms with Crippen molar-refractivity contribution >= 4 is 28.6 Å². The van der Waals surface area contributed by atoms with Gasteiger partial charge >= 0.3 is 12.3 Å². The molecule has 0 unspecified atom stereocenters. The van der Waals surface area contributed by atoms with Crippen LogP contribution < -0.4 is 10.3 Å². The topological polar surface area (TPSA) is 68.4 Å². The van der Waals surface area contributed by atoms with Crippen molar-refractivity contribution in [1.29, 1.82) is 0 Å². The summed E-state index contributed by atoms with van der Waals surface area (Å²) >= 11 is 1.57. The van der Waals surface area contributed by atoms with Gasteiger partial charge in [0.2, 0.25) is 5.75 Å². The molecule has 5 nitrogen and oxygen atoms in total. The van der Waals surface area contributed by atoms with E-state index in [1.807, 2.05) is 4.98 Å². The summed E-state index contributed by atoms with van der Waals surface area (Å²) in [5.74, 6) is -2.21. The van der Waals surface area contributed by atoms with Crippen molar-refractivity contribution < 1.29 is 27.4 Å². The molecule has 0 spiro atoms. The van der Waals surface area contributed by atoms with E-state index in [1.165, 1.54) is 0 Å². The van der Waals surface area contributed by atoms with E-state index in [9.17, 15) is 22.8 Å². The van der Waals surface area contributed by atoms with E-state index < -0.39 is 29.2 Å². The summed E-state index contributed by atoms with van der Waals surface area (Å²) in [6.45, 7) is 0. The SMILES string of the molecule is COC(=O)c1c(I)c[nH]c(=O)c1OC(F)(F)F. The number of aromatic nitrogens is 1. The molecule has 17 heavy (non-hydrogen) atoms. The van der Waals surface area contributed by atoms with Crippen LogP contribution in [-0.4, -0.2) is 24.4 Å². The molecule has 9 heteroatoms. The summed E-state index contributed by atoms with van der Waals surface area (Å²) < 4.78 is 44.1. The van der Waals surface area contributed by atoms with Crippen LogP contribution in [0.4, 0.5) is 13.2 Å². The molecule has 1 aromatic heterocycles. The quantitative estimate of drug-likeness (QED) is 0.641. The Hall–Kier alpha value is -1.26. The van der Waals surface area contributed by atoms with Gasteiger partial charge in [0.1, 0.15) is 5.56 Å². The van der Waals surface area contributed by atoms with Crippen molar-refractivity contribution in [3.8, 4) is 5.75 Å². The maximum atomic E-state index is 12.1. The van der Waals surface area contributed by atoms with Crippen LogP contribution in [0.1, 0.15) is 10.4 Å². The molecule has 0 radical (unpaired) electrons. The van der Waals surface area contributed by atoms with Crippen molar-refractivity contribution in [2.75, 3.05) is 7.11 Å². The monoisotopic (exact) mass is 363 g/mol. The second-order valence-electron chi connectivity index (χ2n) is 2.71. The molecule has 1 N–H and O–H groups in total. The van der Waals surface area contributed by atoms with Gasteiger partial charge in [-0.2, -0.15) is 0 Å². The summed E-state index contributed by atoms with van der Waals surface area (Å²) in [5.41, 5.74) is -1.72. The number of rotatable bonds is 2. The average Bonchev–Trinajstić information content (AvgIpc) is 2.21. The lowest BCUT2D eigenvalue weighted by atomic mass is 10.2. The molecule has 1 aromatic rings. The number of alkyl halides is 3. The molecule has 0 amide bonds. The van der Waals surface area contributed by atoms with Gasteiger partial charge in [0.15, 0.2) is 0 Å². The lowest BCUT2D eigenvalue weighted by Crippen LogP contribution is -2.26.